The lowest BCUT2D eigenvalue weighted by Crippen LogP contribution is -2.35. The molecule has 1 aromatic carbocycles. The number of nitrogens with zero attached hydrogens (tertiary/aromatic N) is 2. The maximum Gasteiger partial charge on any atom is 0.295 e. The van der Waals surface area contributed by atoms with E-state index < -0.39 is 17.7 Å². The third-order valence-electron chi connectivity index (χ3n) is 4.79. The second kappa shape index (κ2) is 7.66. The molecule has 6 heteroatoms. The van der Waals surface area contributed by atoms with E-state index in [0.29, 0.717) is 18.7 Å². The van der Waals surface area contributed by atoms with E-state index in [4.69, 9.17) is 0 Å². The fraction of sp³-hybridized carbons (Fsp3) is 0.333. The Morgan fingerprint density at radius 3 is 2.59 bits per heavy atom. The molecule has 1 N–H and O–H groups in total. The number of benzene rings is 1. The zero-order valence-corrected chi connectivity index (χ0v) is 16.8. The average molecular weight is 385 g/mol. The van der Waals surface area contributed by atoms with Crippen molar-refractivity contribution >= 4 is 28.8 Å². The van der Waals surface area contributed by atoms with Crippen LogP contribution in [0.1, 0.15) is 27.6 Å². The first-order valence-electron chi connectivity index (χ1n) is 8.85. The molecule has 1 fully saturated rings. The molecule has 1 aromatic heterocycles. The summed E-state index contributed by atoms with van der Waals surface area (Å²) in [6.45, 7) is 4.88. The van der Waals surface area contributed by atoms with Crippen LogP contribution in [0.25, 0.3) is 5.76 Å². The van der Waals surface area contributed by atoms with Crippen molar-refractivity contribution in [3.8, 4) is 0 Å². The van der Waals surface area contributed by atoms with Crippen molar-refractivity contribution in [1.29, 1.82) is 0 Å². The van der Waals surface area contributed by atoms with Gasteiger partial charge in [0, 0.05) is 23.5 Å². The summed E-state index contributed by atoms with van der Waals surface area (Å²) in [4.78, 5) is 30.0. The van der Waals surface area contributed by atoms with Crippen molar-refractivity contribution < 1.29 is 14.7 Å². The number of hydrogen-bond acceptors (Lipinski definition) is 5. The van der Waals surface area contributed by atoms with E-state index >= 15 is 0 Å². The van der Waals surface area contributed by atoms with Crippen molar-refractivity contribution in [2.24, 2.45) is 0 Å². The molecule has 0 radical (unpaired) electrons. The minimum absolute atomic E-state index is 0.0969. The average Bonchev–Trinajstić information content (AvgIpc) is 3.22. The monoisotopic (exact) mass is 384 g/mol. The first-order valence-corrected chi connectivity index (χ1v) is 9.73. The summed E-state index contributed by atoms with van der Waals surface area (Å²) in [6, 6.07) is 8.96. The molecule has 1 aliphatic heterocycles. The standard InChI is InChI=1S/C21H24N2O3S/c1-13-7-8-14(2)15(12-13)19(24)17-18(16-6-5-11-27-16)23(10-9-22(3)4)21(26)20(17)25/h5-8,11-12,18,24H,9-10H2,1-4H3/b19-17-. The highest BCUT2D eigenvalue weighted by atomic mass is 32.1. The van der Waals surface area contributed by atoms with Gasteiger partial charge in [-0.1, -0.05) is 23.8 Å². The van der Waals surface area contributed by atoms with Crippen LogP contribution in [0.5, 0.6) is 0 Å². The molecule has 2 heterocycles. The fourth-order valence-corrected chi connectivity index (χ4v) is 4.14. The predicted octanol–water partition coefficient (Wildman–Crippen LogP) is 3.35. The van der Waals surface area contributed by atoms with Gasteiger partial charge in [-0.15, -0.1) is 11.3 Å². The summed E-state index contributed by atoms with van der Waals surface area (Å²) < 4.78 is 0. The number of carbonyl (C=O) groups excluding carboxylic acids is 2. The van der Waals surface area contributed by atoms with Crippen LogP contribution in [-0.4, -0.2) is 53.8 Å². The third kappa shape index (κ3) is 3.68. The first kappa shape index (κ1) is 19.3. The Hall–Kier alpha value is -2.44. The van der Waals surface area contributed by atoms with E-state index in [9.17, 15) is 14.7 Å². The lowest BCUT2D eigenvalue weighted by atomic mass is 9.96. The van der Waals surface area contributed by atoms with E-state index in [1.807, 2.05) is 68.6 Å². The predicted molar refractivity (Wildman–Crippen MR) is 108 cm³/mol. The molecular weight excluding hydrogens is 360 g/mol. The van der Waals surface area contributed by atoms with Crippen molar-refractivity contribution in [3.63, 3.8) is 0 Å². The summed E-state index contributed by atoms with van der Waals surface area (Å²) in [6.07, 6.45) is 0. The van der Waals surface area contributed by atoms with E-state index in [-0.39, 0.29) is 11.3 Å². The highest BCUT2D eigenvalue weighted by Crippen LogP contribution is 2.41. The number of aliphatic hydroxyl groups is 1. The zero-order valence-electron chi connectivity index (χ0n) is 16.0. The Morgan fingerprint density at radius 2 is 1.96 bits per heavy atom. The molecule has 2 aromatic rings. The summed E-state index contributed by atoms with van der Waals surface area (Å²) in [5.74, 6) is -1.27. The van der Waals surface area contributed by atoms with E-state index in [1.165, 1.54) is 11.3 Å². The van der Waals surface area contributed by atoms with Crippen LogP contribution < -0.4 is 0 Å². The molecule has 0 spiro atoms. The van der Waals surface area contributed by atoms with Gasteiger partial charge in [0.2, 0.25) is 0 Å². The van der Waals surface area contributed by atoms with Gasteiger partial charge >= 0.3 is 0 Å². The first-order chi connectivity index (χ1) is 12.8. The number of hydrogen-bond donors (Lipinski definition) is 1. The Morgan fingerprint density at radius 1 is 1.22 bits per heavy atom. The molecule has 0 aliphatic carbocycles. The molecule has 27 heavy (non-hydrogen) atoms. The van der Waals surface area contributed by atoms with Gasteiger partial charge in [0.25, 0.3) is 11.7 Å². The molecule has 1 atom stereocenters. The van der Waals surface area contributed by atoms with Crippen LogP contribution in [-0.2, 0) is 9.59 Å². The molecule has 1 aliphatic rings. The van der Waals surface area contributed by atoms with Crippen LogP contribution in [0.3, 0.4) is 0 Å². The lowest BCUT2D eigenvalue weighted by Gasteiger charge is -2.25. The Balaban J connectivity index is 2.15. The fourth-order valence-electron chi connectivity index (χ4n) is 3.30. The topological polar surface area (TPSA) is 60.9 Å². The van der Waals surface area contributed by atoms with Crippen molar-refractivity contribution in [3.05, 3.63) is 62.9 Å². The van der Waals surface area contributed by atoms with Crippen LogP contribution in [0.4, 0.5) is 0 Å². The number of aliphatic hydroxyl groups excluding tert-OH is 1. The van der Waals surface area contributed by atoms with Gasteiger partial charge in [0.05, 0.1) is 11.6 Å². The molecule has 1 amide bonds. The number of aryl methyl sites for hydroxylation is 2. The van der Waals surface area contributed by atoms with Gasteiger partial charge < -0.3 is 14.9 Å². The number of likely N-dealkylation sites (tertiary alicyclic amines) is 1. The third-order valence-corrected chi connectivity index (χ3v) is 5.71. The number of Topliss-reactive ketones (excluding diaryl/α,β-unsaturated/α-hetero) is 1. The second-order valence-electron chi connectivity index (χ2n) is 7.13. The molecule has 5 nitrogen and oxygen atoms in total. The maximum absolute atomic E-state index is 12.9. The Labute approximate surface area is 163 Å². The zero-order chi connectivity index (χ0) is 19.7. The number of thiophene rings is 1. The van der Waals surface area contributed by atoms with Gasteiger partial charge in [-0.3, -0.25) is 9.59 Å². The number of carbonyl (C=O) groups is 2. The van der Waals surface area contributed by atoms with Crippen molar-refractivity contribution in [1.82, 2.24) is 9.80 Å². The maximum atomic E-state index is 12.9. The van der Waals surface area contributed by atoms with E-state index in [2.05, 4.69) is 0 Å². The quantitative estimate of drug-likeness (QED) is 0.488. The summed E-state index contributed by atoms with van der Waals surface area (Å²) in [5.41, 5.74) is 2.62. The Bertz CT molecular complexity index is 900. The molecule has 3 rings (SSSR count). The SMILES string of the molecule is Cc1ccc(C)c(/C(O)=C2/C(=O)C(=O)N(CCN(C)C)C2c2cccs2)c1. The van der Waals surface area contributed by atoms with Gasteiger partial charge in [0.1, 0.15) is 5.76 Å². The smallest absolute Gasteiger partial charge is 0.295 e. The molecule has 1 unspecified atom stereocenters. The number of ketones is 1. The lowest BCUT2D eigenvalue weighted by molar-refractivity contribution is -0.140. The minimum atomic E-state index is -0.620. The number of amides is 1. The van der Waals surface area contributed by atoms with E-state index in [0.717, 1.165) is 16.0 Å². The normalized spacial score (nSPS) is 19.3. The van der Waals surface area contributed by atoms with E-state index in [1.54, 1.807) is 4.90 Å². The van der Waals surface area contributed by atoms with Crippen molar-refractivity contribution in [2.45, 2.75) is 19.9 Å². The van der Waals surface area contributed by atoms with Gasteiger partial charge in [-0.05, 0) is 51.0 Å². The summed E-state index contributed by atoms with van der Waals surface area (Å²) in [5, 5.41) is 13.0. The largest absolute Gasteiger partial charge is 0.507 e. The number of likely N-dealkylation sites (N-methyl/N-ethyl adjacent to an activating group) is 1. The van der Waals surface area contributed by atoms with Gasteiger partial charge in [-0.25, -0.2) is 0 Å². The number of rotatable bonds is 5. The molecule has 1 saturated heterocycles. The van der Waals surface area contributed by atoms with Crippen LogP contribution in [0.15, 0.2) is 41.3 Å². The van der Waals surface area contributed by atoms with Gasteiger partial charge in [0.15, 0.2) is 0 Å². The molecule has 142 valence electrons. The second-order valence-corrected chi connectivity index (χ2v) is 8.11. The van der Waals surface area contributed by atoms with Crippen LogP contribution in [0.2, 0.25) is 0 Å². The van der Waals surface area contributed by atoms with Crippen LogP contribution in [0, 0.1) is 13.8 Å². The van der Waals surface area contributed by atoms with Crippen molar-refractivity contribution in [2.75, 3.05) is 27.2 Å². The van der Waals surface area contributed by atoms with Gasteiger partial charge in [-0.2, -0.15) is 0 Å². The molecule has 0 bridgehead atoms. The Kier molecular flexibility index (Phi) is 5.48. The summed E-state index contributed by atoms with van der Waals surface area (Å²) in [7, 11) is 3.85. The highest BCUT2D eigenvalue weighted by Gasteiger charge is 2.46. The van der Waals surface area contributed by atoms with Crippen LogP contribution >= 0.6 is 11.3 Å². The molecule has 0 saturated carbocycles. The summed E-state index contributed by atoms with van der Waals surface area (Å²) >= 11 is 1.48. The highest BCUT2D eigenvalue weighted by molar-refractivity contribution is 7.10. The molecular formula is C21H24N2O3S. The minimum Gasteiger partial charge on any atom is -0.507 e.